The fourth-order valence-corrected chi connectivity index (χ4v) is 2.18. The Morgan fingerprint density at radius 1 is 1.40 bits per heavy atom. The Morgan fingerprint density at radius 3 is 2.47 bits per heavy atom. The molecule has 0 aliphatic heterocycles. The molecule has 0 aromatic heterocycles. The molecule has 3 nitrogen and oxygen atoms in total. The Hall–Kier alpha value is -1.04. The van der Waals surface area contributed by atoms with Gasteiger partial charge < -0.3 is 4.90 Å². The summed E-state index contributed by atoms with van der Waals surface area (Å²) < 4.78 is 0. The van der Waals surface area contributed by atoms with Crippen LogP contribution in [0.3, 0.4) is 0 Å². The number of amides is 1. The molecule has 0 aromatic rings. The largest absolute Gasteiger partial charge is 0.327 e. The van der Waals surface area contributed by atoms with Crippen molar-refractivity contribution in [2.75, 3.05) is 6.54 Å². The third kappa shape index (κ3) is 3.23. The van der Waals surface area contributed by atoms with E-state index >= 15 is 0 Å². The standard InChI is InChI=1S/C12H20N2O/c1-10(2)14(9-8-13)12(15)11-6-4-3-5-7-11/h10-11H,3-7,9H2,1-2H3. The molecule has 3 heteroatoms. The van der Waals surface area contributed by atoms with Crippen LogP contribution in [-0.2, 0) is 4.79 Å². The molecule has 0 aromatic carbocycles. The van der Waals surface area contributed by atoms with Crippen molar-refractivity contribution in [2.45, 2.75) is 52.0 Å². The second-order valence-electron chi connectivity index (χ2n) is 4.55. The summed E-state index contributed by atoms with van der Waals surface area (Å²) in [6.07, 6.45) is 5.59. The lowest BCUT2D eigenvalue weighted by Gasteiger charge is -2.30. The van der Waals surface area contributed by atoms with Crippen LogP contribution in [0, 0.1) is 17.2 Å². The summed E-state index contributed by atoms with van der Waals surface area (Å²) in [5, 5.41) is 8.69. The van der Waals surface area contributed by atoms with E-state index in [1.54, 1.807) is 4.90 Å². The highest BCUT2D eigenvalue weighted by Gasteiger charge is 2.26. The minimum atomic E-state index is 0.138. The predicted octanol–water partition coefficient (Wildman–Crippen LogP) is 2.33. The van der Waals surface area contributed by atoms with Crippen molar-refractivity contribution in [1.29, 1.82) is 5.26 Å². The molecule has 0 atom stereocenters. The van der Waals surface area contributed by atoms with Gasteiger partial charge in [-0.05, 0) is 26.7 Å². The van der Waals surface area contributed by atoms with Crippen LogP contribution in [0.15, 0.2) is 0 Å². The average molecular weight is 208 g/mol. The number of hydrogen-bond donors (Lipinski definition) is 0. The van der Waals surface area contributed by atoms with E-state index in [2.05, 4.69) is 6.07 Å². The highest BCUT2D eigenvalue weighted by molar-refractivity contribution is 5.79. The first-order valence-electron chi connectivity index (χ1n) is 5.84. The van der Waals surface area contributed by atoms with E-state index < -0.39 is 0 Å². The van der Waals surface area contributed by atoms with Gasteiger partial charge in [-0.3, -0.25) is 4.79 Å². The summed E-state index contributed by atoms with van der Waals surface area (Å²) in [6, 6.07) is 2.21. The van der Waals surface area contributed by atoms with Gasteiger partial charge in [0.2, 0.25) is 5.91 Å². The van der Waals surface area contributed by atoms with Crippen LogP contribution in [0.25, 0.3) is 0 Å². The Labute approximate surface area is 92.1 Å². The van der Waals surface area contributed by atoms with Crippen LogP contribution >= 0.6 is 0 Å². The van der Waals surface area contributed by atoms with Gasteiger partial charge in [-0.2, -0.15) is 5.26 Å². The molecule has 1 aliphatic rings. The van der Waals surface area contributed by atoms with Crippen molar-refractivity contribution < 1.29 is 4.79 Å². The predicted molar refractivity (Wildman–Crippen MR) is 59.0 cm³/mol. The van der Waals surface area contributed by atoms with Crippen LogP contribution in [-0.4, -0.2) is 23.4 Å². The number of nitrogens with zero attached hydrogens (tertiary/aromatic N) is 2. The summed E-state index contributed by atoms with van der Waals surface area (Å²) in [7, 11) is 0. The smallest absolute Gasteiger partial charge is 0.226 e. The second-order valence-corrected chi connectivity index (χ2v) is 4.55. The van der Waals surface area contributed by atoms with Crippen LogP contribution in [0.4, 0.5) is 0 Å². The first kappa shape index (κ1) is 12.0. The van der Waals surface area contributed by atoms with Gasteiger partial charge in [-0.15, -0.1) is 0 Å². The van der Waals surface area contributed by atoms with Crippen LogP contribution in [0.1, 0.15) is 46.0 Å². The van der Waals surface area contributed by atoms with Crippen molar-refractivity contribution >= 4 is 5.91 Å². The molecule has 1 saturated carbocycles. The summed E-state index contributed by atoms with van der Waals surface area (Å²) in [4.78, 5) is 13.8. The van der Waals surface area contributed by atoms with Crippen LogP contribution < -0.4 is 0 Å². The normalized spacial score (nSPS) is 17.5. The first-order valence-corrected chi connectivity index (χ1v) is 5.84. The fourth-order valence-electron chi connectivity index (χ4n) is 2.18. The van der Waals surface area contributed by atoms with Crippen molar-refractivity contribution in [3.63, 3.8) is 0 Å². The summed E-state index contributed by atoms with van der Waals surface area (Å²) >= 11 is 0. The summed E-state index contributed by atoms with van der Waals surface area (Å²) in [5.41, 5.74) is 0. The van der Waals surface area contributed by atoms with Gasteiger partial charge in [0.05, 0.1) is 6.07 Å². The maximum atomic E-state index is 12.1. The molecule has 0 saturated heterocycles. The molecule has 0 radical (unpaired) electrons. The first-order chi connectivity index (χ1) is 7.16. The number of carbonyl (C=O) groups excluding carboxylic acids is 1. The van der Waals surface area contributed by atoms with E-state index in [1.165, 1.54) is 6.42 Å². The Morgan fingerprint density at radius 2 is 2.00 bits per heavy atom. The molecule has 1 aliphatic carbocycles. The highest BCUT2D eigenvalue weighted by atomic mass is 16.2. The molecular weight excluding hydrogens is 188 g/mol. The maximum absolute atomic E-state index is 12.1. The zero-order valence-electron chi connectivity index (χ0n) is 9.70. The lowest BCUT2D eigenvalue weighted by Crippen LogP contribution is -2.41. The SMILES string of the molecule is CC(C)N(CC#N)C(=O)C1CCCCC1. The number of hydrogen-bond acceptors (Lipinski definition) is 2. The Kier molecular flexibility index (Phi) is 4.61. The molecule has 0 bridgehead atoms. The van der Waals surface area contributed by atoms with Crippen molar-refractivity contribution in [3.05, 3.63) is 0 Å². The Bertz CT molecular complexity index is 249. The summed E-state index contributed by atoms with van der Waals surface area (Å²) in [6.45, 7) is 4.17. The second kappa shape index (κ2) is 5.75. The van der Waals surface area contributed by atoms with E-state index in [1.807, 2.05) is 13.8 Å². The minimum absolute atomic E-state index is 0.138. The monoisotopic (exact) mass is 208 g/mol. The third-order valence-corrected chi connectivity index (χ3v) is 3.10. The molecule has 0 heterocycles. The summed E-state index contributed by atoms with van der Waals surface area (Å²) in [5.74, 6) is 0.362. The van der Waals surface area contributed by atoms with Gasteiger partial charge >= 0.3 is 0 Å². The topological polar surface area (TPSA) is 44.1 Å². The van der Waals surface area contributed by atoms with E-state index in [-0.39, 0.29) is 24.4 Å². The minimum Gasteiger partial charge on any atom is -0.327 e. The van der Waals surface area contributed by atoms with Gasteiger partial charge in [-0.1, -0.05) is 19.3 Å². The van der Waals surface area contributed by atoms with E-state index in [4.69, 9.17) is 5.26 Å². The molecule has 1 rings (SSSR count). The van der Waals surface area contributed by atoms with Gasteiger partial charge in [0.1, 0.15) is 6.54 Å². The molecule has 0 unspecified atom stereocenters. The van der Waals surface area contributed by atoms with Gasteiger partial charge in [0.25, 0.3) is 0 Å². The van der Waals surface area contributed by atoms with Gasteiger partial charge in [0.15, 0.2) is 0 Å². The molecule has 0 spiro atoms. The Balaban J connectivity index is 2.58. The fraction of sp³-hybridized carbons (Fsp3) is 0.833. The van der Waals surface area contributed by atoms with E-state index in [0.29, 0.717) is 0 Å². The van der Waals surface area contributed by atoms with E-state index in [0.717, 1.165) is 25.7 Å². The number of nitriles is 1. The molecule has 1 fully saturated rings. The molecule has 84 valence electrons. The van der Waals surface area contributed by atoms with Crippen molar-refractivity contribution in [2.24, 2.45) is 5.92 Å². The van der Waals surface area contributed by atoms with Crippen molar-refractivity contribution in [3.8, 4) is 6.07 Å². The van der Waals surface area contributed by atoms with Gasteiger partial charge in [-0.25, -0.2) is 0 Å². The average Bonchev–Trinajstić information content (AvgIpc) is 2.26. The zero-order chi connectivity index (χ0) is 11.3. The van der Waals surface area contributed by atoms with Crippen LogP contribution in [0.5, 0.6) is 0 Å². The van der Waals surface area contributed by atoms with E-state index in [9.17, 15) is 4.79 Å². The lowest BCUT2D eigenvalue weighted by molar-refractivity contribution is -0.137. The van der Waals surface area contributed by atoms with Crippen LogP contribution in [0.2, 0.25) is 0 Å². The number of carbonyl (C=O) groups is 1. The van der Waals surface area contributed by atoms with Crippen molar-refractivity contribution in [1.82, 2.24) is 4.90 Å². The highest BCUT2D eigenvalue weighted by Crippen LogP contribution is 2.25. The zero-order valence-corrected chi connectivity index (χ0v) is 9.70. The lowest BCUT2D eigenvalue weighted by atomic mass is 9.88. The molecule has 1 amide bonds. The number of rotatable bonds is 3. The quantitative estimate of drug-likeness (QED) is 0.668. The maximum Gasteiger partial charge on any atom is 0.226 e. The molecule has 0 N–H and O–H groups in total. The van der Waals surface area contributed by atoms with Gasteiger partial charge in [0, 0.05) is 12.0 Å². The molecular formula is C12H20N2O. The molecule has 15 heavy (non-hydrogen) atoms. The third-order valence-electron chi connectivity index (χ3n) is 3.10.